The zero-order chi connectivity index (χ0) is 8.27. The van der Waals surface area contributed by atoms with Crippen molar-refractivity contribution >= 4 is 50.7 Å². The maximum absolute atomic E-state index is 5.91. The zero-order valence-corrected chi connectivity index (χ0v) is 10.5. The van der Waals surface area contributed by atoms with Crippen LogP contribution in [0.5, 0.6) is 0 Å². The van der Waals surface area contributed by atoms with E-state index < -0.39 is 0 Å². The summed E-state index contributed by atoms with van der Waals surface area (Å²) in [5.41, 5.74) is 0. The van der Waals surface area contributed by atoms with E-state index in [4.69, 9.17) is 11.6 Å². The van der Waals surface area contributed by atoms with Gasteiger partial charge in [-0.25, -0.2) is 0 Å². The molecule has 11 heavy (non-hydrogen) atoms. The second kappa shape index (κ2) is 4.49. The van der Waals surface area contributed by atoms with Crippen LogP contribution >= 0.6 is 11.6 Å². The Morgan fingerprint density at radius 2 is 2.00 bits per heavy atom. The number of aromatic nitrogens is 1. The monoisotopic (exact) mass is 301 g/mol. The Kier molecular flexibility index (Phi) is 3.91. The molecule has 0 N–H and O–H groups in total. The van der Waals surface area contributed by atoms with Crippen molar-refractivity contribution in [2.45, 2.75) is 11.6 Å². The van der Waals surface area contributed by atoms with Crippen molar-refractivity contribution in [3.8, 4) is 0 Å². The van der Waals surface area contributed by atoms with E-state index in [1.807, 2.05) is 12.1 Å². The molecule has 0 radical (unpaired) electrons. The topological polar surface area (TPSA) is 12.9 Å². The molecule has 0 amide bonds. The van der Waals surface area contributed by atoms with E-state index in [0.717, 1.165) is 9.61 Å². The van der Waals surface area contributed by atoms with Crippen LogP contribution < -0.4 is 9.18 Å². The van der Waals surface area contributed by atoms with Gasteiger partial charge >= 0.3 is 84.5 Å². The molecule has 0 atom stereocenters. The molecule has 1 nitrogen and oxygen atoms in total. The molecule has 0 fully saturated rings. The second-order valence-electron chi connectivity index (χ2n) is 1.84. The standard InChI is InChI=1S/C7H8ClNSe2/c1-10-6-4-3-5(8)7(9-6)11-2/h3-4H,1-2H3. The van der Waals surface area contributed by atoms with Gasteiger partial charge in [0.2, 0.25) is 0 Å². The van der Waals surface area contributed by atoms with Crippen molar-refractivity contribution < 1.29 is 0 Å². The van der Waals surface area contributed by atoms with Crippen LogP contribution in [0.25, 0.3) is 0 Å². The third-order valence-electron chi connectivity index (χ3n) is 1.19. The van der Waals surface area contributed by atoms with Gasteiger partial charge in [-0.3, -0.25) is 0 Å². The zero-order valence-electron chi connectivity index (χ0n) is 6.30. The Bertz CT molecular complexity index is 252. The van der Waals surface area contributed by atoms with Gasteiger partial charge in [0, 0.05) is 0 Å². The van der Waals surface area contributed by atoms with Gasteiger partial charge in [-0.15, -0.1) is 0 Å². The normalized spacial score (nSPS) is 10.1. The van der Waals surface area contributed by atoms with Crippen molar-refractivity contribution in [1.82, 2.24) is 4.98 Å². The molecule has 0 aliphatic rings. The maximum atomic E-state index is 5.91. The first-order chi connectivity index (χ1) is 5.27. The summed E-state index contributed by atoms with van der Waals surface area (Å²) in [5, 5.41) is 0.820. The number of nitrogens with zero attached hydrogens (tertiary/aromatic N) is 1. The van der Waals surface area contributed by atoms with Crippen LogP contribution in [-0.2, 0) is 0 Å². The molecule has 0 spiro atoms. The summed E-state index contributed by atoms with van der Waals surface area (Å²) in [5.74, 6) is 4.29. The molecule has 0 aromatic carbocycles. The predicted molar refractivity (Wildman–Crippen MR) is 51.8 cm³/mol. The first kappa shape index (κ1) is 9.57. The van der Waals surface area contributed by atoms with Crippen molar-refractivity contribution in [2.24, 2.45) is 0 Å². The van der Waals surface area contributed by atoms with Crippen molar-refractivity contribution in [1.29, 1.82) is 0 Å². The molecule has 1 rings (SSSR count). The molecular formula is C7H8ClNSe2. The number of rotatable bonds is 2. The molecular weight excluding hydrogens is 291 g/mol. The van der Waals surface area contributed by atoms with E-state index in [1.165, 1.54) is 4.59 Å². The molecule has 0 aliphatic heterocycles. The molecule has 60 valence electrons. The van der Waals surface area contributed by atoms with Crippen LogP contribution in [0.15, 0.2) is 12.1 Å². The van der Waals surface area contributed by atoms with E-state index in [2.05, 4.69) is 16.6 Å². The average Bonchev–Trinajstić information content (AvgIpc) is 2.05. The van der Waals surface area contributed by atoms with Gasteiger partial charge in [0.1, 0.15) is 0 Å². The summed E-state index contributed by atoms with van der Waals surface area (Å²) in [6.07, 6.45) is 0. The summed E-state index contributed by atoms with van der Waals surface area (Å²) < 4.78 is 2.28. The summed E-state index contributed by atoms with van der Waals surface area (Å²) in [4.78, 5) is 4.43. The van der Waals surface area contributed by atoms with E-state index in [0.29, 0.717) is 29.9 Å². The molecule has 0 bridgehead atoms. The first-order valence-corrected chi connectivity index (χ1v) is 8.54. The second-order valence-corrected chi connectivity index (χ2v) is 5.65. The van der Waals surface area contributed by atoms with Gasteiger partial charge in [0.05, 0.1) is 0 Å². The van der Waals surface area contributed by atoms with Crippen LogP contribution in [-0.4, -0.2) is 34.9 Å². The Morgan fingerprint density at radius 1 is 1.27 bits per heavy atom. The Balaban J connectivity index is 3.02. The quantitative estimate of drug-likeness (QED) is 0.725. The average molecular weight is 300 g/mol. The van der Waals surface area contributed by atoms with E-state index in [-0.39, 0.29) is 0 Å². The van der Waals surface area contributed by atoms with Gasteiger partial charge in [-0.2, -0.15) is 0 Å². The molecule has 4 heteroatoms. The molecule has 1 aromatic rings. The minimum atomic E-state index is 0.415. The molecule has 0 unspecified atom stereocenters. The fraction of sp³-hybridized carbons (Fsp3) is 0.286. The van der Waals surface area contributed by atoms with Crippen molar-refractivity contribution in [3.63, 3.8) is 0 Å². The van der Waals surface area contributed by atoms with Crippen LogP contribution in [0.3, 0.4) is 0 Å². The summed E-state index contributed by atoms with van der Waals surface area (Å²) in [7, 11) is 0. The van der Waals surface area contributed by atoms with Crippen molar-refractivity contribution in [3.05, 3.63) is 17.2 Å². The van der Waals surface area contributed by atoms with E-state index >= 15 is 0 Å². The third-order valence-corrected chi connectivity index (χ3v) is 4.57. The Labute approximate surface area is 84.2 Å². The van der Waals surface area contributed by atoms with E-state index in [1.54, 1.807) is 0 Å². The molecule has 1 heterocycles. The van der Waals surface area contributed by atoms with Gasteiger partial charge in [0.25, 0.3) is 0 Å². The minimum absolute atomic E-state index is 0.415. The third kappa shape index (κ3) is 2.47. The van der Waals surface area contributed by atoms with Crippen LogP contribution in [0.2, 0.25) is 16.7 Å². The van der Waals surface area contributed by atoms with Crippen LogP contribution in [0, 0.1) is 0 Å². The predicted octanol–water partition coefficient (Wildman–Crippen LogP) is 0.490. The molecule has 0 saturated carbocycles. The van der Waals surface area contributed by atoms with Crippen molar-refractivity contribution in [2.75, 3.05) is 0 Å². The fourth-order valence-corrected chi connectivity index (χ4v) is 3.22. The molecule has 1 aromatic heterocycles. The fourth-order valence-electron chi connectivity index (χ4n) is 0.663. The van der Waals surface area contributed by atoms with Gasteiger partial charge in [0.15, 0.2) is 0 Å². The van der Waals surface area contributed by atoms with E-state index in [9.17, 15) is 0 Å². The Morgan fingerprint density at radius 3 is 2.55 bits per heavy atom. The number of pyridine rings is 1. The summed E-state index contributed by atoms with van der Waals surface area (Å²) in [6, 6.07) is 3.97. The summed E-state index contributed by atoms with van der Waals surface area (Å²) >= 11 is 6.82. The first-order valence-electron chi connectivity index (χ1n) is 3.02. The number of halogens is 1. The molecule has 0 saturated heterocycles. The molecule has 0 aliphatic carbocycles. The van der Waals surface area contributed by atoms with Crippen LogP contribution in [0.1, 0.15) is 0 Å². The van der Waals surface area contributed by atoms with Crippen LogP contribution in [0.4, 0.5) is 0 Å². The Hall–Kier alpha value is 0.479. The SMILES string of the molecule is C[Se]c1ccc(Cl)c([Se]C)n1. The summed E-state index contributed by atoms with van der Waals surface area (Å²) in [6.45, 7) is 0. The van der Waals surface area contributed by atoms with Gasteiger partial charge in [-0.05, 0) is 0 Å². The van der Waals surface area contributed by atoms with Gasteiger partial charge in [-0.1, -0.05) is 0 Å². The number of hydrogen-bond acceptors (Lipinski definition) is 1. The van der Waals surface area contributed by atoms with Gasteiger partial charge < -0.3 is 0 Å². The number of hydrogen-bond donors (Lipinski definition) is 0.